The van der Waals surface area contributed by atoms with Crippen molar-refractivity contribution in [2.75, 3.05) is 33.2 Å². The van der Waals surface area contributed by atoms with Gasteiger partial charge < -0.3 is 10.2 Å². The van der Waals surface area contributed by atoms with Gasteiger partial charge in [0.2, 0.25) is 5.91 Å². The molecule has 20 heavy (non-hydrogen) atoms. The molecule has 0 saturated carbocycles. The van der Waals surface area contributed by atoms with Crippen molar-refractivity contribution in [1.82, 2.24) is 15.1 Å². The molecule has 2 aliphatic rings. The highest BCUT2D eigenvalue weighted by molar-refractivity contribution is 5.80. The lowest BCUT2D eigenvalue weighted by atomic mass is 10.0. The SMILES string of the molecule is CCN(C(=O)CN(C)CC1CCCN1)C1=CCCCC1. The van der Waals surface area contributed by atoms with E-state index in [1.54, 1.807) is 0 Å². The number of nitrogens with one attached hydrogen (secondary N) is 1. The fourth-order valence-corrected chi connectivity index (χ4v) is 3.28. The van der Waals surface area contributed by atoms with Gasteiger partial charge in [-0.2, -0.15) is 0 Å². The van der Waals surface area contributed by atoms with Crippen LogP contribution in [0.4, 0.5) is 0 Å². The number of carbonyl (C=O) groups excluding carboxylic acids is 1. The summed E-state index contributed by atoms with van der Waals surface area (Å²) in [5.41, 5.74) is 1.25. The number of hydrogen-bond donors (Lipinski definition) is 1. The van der Waals surface area contributed by atoms with Crippen LogP contribution in [0, 0.1) is 0 Å². The first kappa shape index (κ1) is 15.5. The van der Waals surface area contributed by atoms with Gasteiger partial charge in [0, 0.05) is 24.8 Å². The van der Waals surface area contributed by atoms with Gasteiger partial charge in [-0.3, -0.25) is 9.69 Å². The molecule has 4 nitrogen and oxygen atoms in total. The third-order valence-corrected chi connectivity index (χ3v) is 4.33. The molecule has 1 fully saturated rings. The highest BCUT2D eigenvalue weighted by Crippen LogP contribution is 2.21. The molecule has 1 amide bonds. The summed E-state index contributed by atoms with van der Waals surface area (Å²) in [5, 5.41) is 3.49. The number of allylic oxidation sites excluding steroid dienone is 2. The summed E-state index contributed by atoms with van der Waals surface area (Å²) in [6.45, 7) is 5.50. The van der Waals surface area contributed by atoms with Crippen molar-refractivity contribution in [2.24, 2.45) is 0 Å². The van der Waals surface area contributed by atoms with E-state index in [0.29, 0.717) is 12.6 Å². The van der Waals surface area contributed by atoms with Crippen LogP contribution in [0.2, 0.25) is 0 Å². The first-order valence-corrected chi connectivity index (χ1v) is 8.12. The number of rotatable bonds is 6. The highest BCUT2D eigenvalue weighted by atomic mass is 16.2. The van der Waals surface area contributed by atoms with E-state index in [4.69, 9.17) is 0 Å². The molecule has 114 valence electrons. The fraction of sp³-hybridized carbons (Fsp3) is 0.812. The molecular formula is C16H29N3O. The average molecular weight is 279 g/mol. The number of nitrogens with zero attached hydrogens (tertiary/aromatic N) is 2. The molecule has 1 aliphatic heterocycles. The van der Waals surface area contributed by atoms with Gasteiger partial charge in [-0.1, -0.05) is 6.08 Å². The molecule has 2 rings (SSSR count). The van der Waals surface area contributed by atoms with Gasteiger partial charge in [-0.05, 0) is 59.0 Å². The molecule has 1 heterocycles. The van der Waals surface area contributed by atoms with Crippen molar-refractivity contribution >= 4 is 5.91 Å². The largest absolute Gasteiger partial charge is 0.316 e. The second kappa shape index (κ2) is 7.79. The van der Waals surface area contributed by atoms with Gasteiger partial charge in [0.15, 0.2) is 0 Å². The van der Waals surface area contributed by atoms with Crippen LogP contribution >= 0.6 is 0 Å². The molecule has 0 aromatic heterocycles. The minimum atomic E-state index is 0.251. The molecular weight excluding hydrogens is 250 g/mol. The maximum atomic E-state index is 12.5. The Bertz CT molecular complexity index is 348. The lowest BCUT2D eigenvalue weighted by Crippen LogP contribution is -2.42. The summed E-state index contributed by atoms with van der Waals surface area (Å²) in [6, 6.07) is 0.566. The molecule has 4 heteroatoms. The summed E-state index contributed by atoms with van der Waals surface area (Å²) in [5.74, 6) is 0.251. The standard InChI is InChI=1S/C16H29N3O/c1-3-19(15-9-5-4-6-10-15)16(20)13-18(2)12-14-8-7-11-17-14/h9,14,17H,3-8,10-13H2,1-2H3. The molecule has 1 N–H and O–H groups in total. The summed E-state index contributed by atoms with van der Waals surface area (Å²) >= 11 is 0. The molecule has 0 aromatic rings. The zero-order valence-corrected chi connectivity index (χ0v) is 13.0. The van der Waals surface area contributed by atoms with E-state index >= 15 is 0 Å². The number of carbonyl (C=O) groups is 1. The van der Waals surface area contributed by atoms with Crippen molar-refractivity contribution in [3.63, 3.8) is 0 Å². The van der Waals surface area contributed by atoms with E-state index < -0.39 is 0 Å². The summed E-state index contributed by atoms with van der Waals surface area (Å²) in [6.07, 6.45) is 9.43. The number of likely N-dealkylation sites (N-methyl/N-ethyl adjacent to an activating group) is 2. The first-order chi connectivity index (χ1) is 9.70. The van der Waals surface area contributed by atoms with Crippen LogP contribution in [0.25, 0.3) is 0 Å². The van der Waals surface area contributed by atoms with E-state index in [2.05, 4.69) is 30.3 Å². The van der Waals surface area contributed by atoms with Crippen molar-refractivity contribution in [3.05, 3.63) is 11.8 Å². The van der Waals surface area contributed by atoms with Gasteiger partial charge in [-0.25, -0.2) is 0 Å². The quantitative estimate of drug-likeness (QED) is 0.807. The zero-order chi connectivity index (χ0) is 14.4. The van der Waals surface area contributed by atoms with Crippen molar-refractivity contribution in [3.8, 4) is 0 Å². The Labute approximate surface area is 123 Å². The summed E-state index contributed by atoms with van der Waals surface area (Å²) in [7, 11) is 2.06. The average Bonchev–Trinajstić information content (AvgIpc) is 2.93. The smallest absolute Gasteiger partial charge is 0.240 e. The van der Waals surface area contributed by atoms with Gasteiger partial charge in [0.05, 0.1) is 6.54 Å². The van der Waals surface area contributed by atoms with E-state index in [9.17, 15) is 4.79 Å². The van der Waals surface area contributed by atoms with Crippen molar-refractivity contribution in [2.45, 2.75) is 51.5 Å². The van der Waals surface area contributed by atoms with Crippen LogP contribution in [0.5, 0.6) is 0 Å². The predicted molar refractivity (Wildman–Crippen MR) is 82.5 cm³/mol. The maximum absolute atomic E-state index is 12.5. The lowest BCUT2D eigenvalue weighted by molar-refractivity contribution is -0.130. The van der Waals surface area contributed by atoms with E-state index in [0.717, 1.165) is 32.5 Å². The molecule has 0 radical (unpaired) electrons. The lowest BCUT2D eigenvalue weighted by Gasteiger charge is -2.29. The fourth-order valence-electron chi connectivity index (χ4n) is 3.28. The Hall–Kier alpha value is -0.870. The van der Waals surface area contributed by atoms with Crippen molar-refractivity contribution in [1.29, 1.82) is 0 Å². The van der Waals surface area contributed by atoms with E-state index in [1.807, 2.05) is 4.90 Å². The Morgan fingerprint density at radius 2 is 2.25 bits per heavy atom. The highest BCUT2D eigenvalue weighted by Gasteiger charge is 2.21. The summed E-state index contributed by atoms with van der Waals surface area (Å²) in [4.78, 5) is 16.6. The van der Waals surface area contributed by atoms with Crippen LogP contribution in [0.3, 0.4) is 0 Å². The number of amides is 1. The Kier molecular flexibility index (Phi) is 6.05. The Balaban J connectivity index is 1.83. The maximum Gasteiger partial charge on any atom is 0.240 e. The molecule has 1 atom stereocenters. The summed E-state index contributed by atoms with van der Waals surface area (Å²) < 4.78 is 0. The molecule has 1 saturated heterocycles. The Morgan fingerprint density at radius 1 is 1.40 bits per heavy atom. The molecule has 1 unspecified atom stereocenters. The first-order valence-electron chi connectivity index (χ1n) is 8.12. The van der Waals surface area contributed by atoms with Crippen molar-refractivity contribution < 1.29 is 4.79 Å². The topological polar surface area (TPSA) is 35.6 Å². The third kappa shape index (κ3) is 4.32. The van der Waals surface area contributed by atoms with Crippen LogP contribution in [-0.2, 0) is 4.79 Å². The van der Waals surface area contributed by atoms with Crippen LogP contribution in [0.1, 0.15) is 45.4 Å². The predicted octanol–water partition coefficient (Wildman–Crippen LogP) is 1.98. The van der Waals surface area contributed by atoms with Gasteiger partial charge >= 0.3 is 0 Å². The molecule has 0 aromatic carbocycles. The van der Waals surface area contributed by atoms with Crippen LogP contribution in [0.15, 0.2) is 11.8 Å². The second-order valence-corrected chi connectivity index (χ2v) is 6.07. The van der Waals surface area contributed by atoms with E-state index in [1.165, 1.54) is 31.4 Å². The minimum absolute atomic E-state index is 0.251. The van der Waals surface area contributed by atoms with Gasteiger partial charge in [0.1, 0.15) is 0 Å². The normalized spacial score (nSPS) is 22.9. The van der Waals surface area contributed by atoms with E-state index in [-0.39, 0.29) is 5.91 Å². The molecule has 0 bridgehead atoms. The third-order valence-electron chi connectivity index (χ3n) is 4.33. The van der Waals surface area contributed by atoms with Gasteiger partial charge in [-0.15, -0.1) is 0 Å². The second-order valence-electron chi connectivity index (χ2n) is 6.07. The van der Waals surface area contributed by atoms with Crippen LogP contribution in [-0.4, -0.2) is 55.0 Å². The number of hydrogen-bond acceptors (Lipinski definition) is 3. The molecule has 1 aliphatic carbocycles. The monoisotopic (exact) mass is 279 g/mol. The minimum Gasteiger partial charge on any atom is -0.316 e. The molecule has 0 spiro atoms. The Morgan fingerprint density at radius 3 is 2.85 bits per heavy atom. The van der Waals surface area contributed by atoms with Crippen LogP contribution < -0.4 is 5.32 Å². The zero-order valence-electron chi connectivity index (χ0n) is 13.0. The van der Waals surface area contributed by atoms with Gasteiger partial charge in [0.25, 0.3) is 0 Å².